The van der Waals surface area contributed by atoms with E-state index in [0.717, 1.165) is 49.8 Å². The summed E-state index contributed by atoms with van der Waals surface area (Å²) in [5, 5.41) is 115. The van der Waals surface area contributed by atoms with Crippen LogP contribution in [0.5, 0.6) is 0 Å². The van der Waals surface area contributed by atoms with Crippen molar-refractivity contribution in [2.24, 2.45) is 52.1 Å². The number of allylic oxidation sites excluding steroid dienone is 4. The van der Waals surface area contributed by atoms with E-state index in [-0.39, 0.29) is 81.1 Å². The number of rotatable bonds is 13. The molecule has 14 nitrogen and oxygen atoms in total. The zero-order valence-corrected chi connectivity index (χ0v) is 38.8. The Hall–Kier alpha value is -1.95. The van der Waals surface area contributed by atoms with Gasteiger partial charge in [-0.3, -0.25) is 4.79 Å². The van der Waals surface area contributed by atoms with Crippen LogP contribution in [-0.2, 0) is 9.53 Å². The number of hydrogen-bond donors (Lipinski definition) is 12. The molecule has 0 aromatic carbocycles. The summed E-state index contributed by atoms with van der Waals surface area (Å²) >= 11 is 0. The second-order valence-corrected chi connectivity index (χ2v) is 22.4. The standard InChI is InChI=1S/C50H81N3O11/c1-5-8-28-11-14-30-37(15-12-28)64-45-40(30)33(56)10-6-19-50(45,63)47(4,61)38-18-21-49(62)42-41(36(59)24-46(38,49)3)48(20-17-29-13-16-39(51)53-32(29)9-7-22-54)25-35(58)34(57)23-31(48)44(60)43(42)52-26-27(2)55/h13,16,27-28,30-31,33-41,45,52-59,61-63H,5-12,14-15,17-26,51H2,1-4H3. The minimum absolute atomic E-state index is 0.00661. The number of aliphatic hydroxyl groups is 9. The fourth-order valence-electron chi connectivity index (χ4n) is 15.7. The van der Waals surface area contributed by atoms with Crippen molar-refractivity contribution in [3.8, 4) is 0 Å². The number of ketones is 1. The summed E-state index contributed by atoms with van der Waals surface area (Å²) in [5.41, 5.74) is 0.569. The first-order valence-corrected chi connectivity index (χ1v) is 25.1. The largest absolute Gasteiger partial charge is 0.396 e. The number of fused-ring (bicyclic) bond motifs is 8. The van der Waals surface area contributed by atoms with E-state index in [9.17, 15) is 46.0 Å². The van der Waals surface area contributed by atoms with Gasteiger partial charge in [-0.2, -0.15) is 0 Å². The number of carbonyl (C=O) groups excluding carboxylic acids is 1. The van der Waals surface area contributed by atoms with Crippen molar-refractivity contribution in [2.45, 2.75) is 209 Å². The maximum absolute atomic E-state index is 15.3. The van der Waals surface area contributed by atoms with Crippen LogP contribution in [0.25, 0.3) is 0 Å². The highest BCUT2D eigenvalue weighted by atomic mass is 16.5. The van der Waals surface area contributed by atoms with Crippen molar-refractivity contribution in [2.75, 3.05) is 13.2 Å². The minimum Gasteiger partial charge on any atom is -0.396 e. The molecule has 64 heavy (non-hydrogen) atoms. The van der Waals surface area contributed by atoms with E-state index in [4.69, 9.17) is 10.5 Å². The summed E-state index contributed by atoms with van der Waals surface area (Å²) in [6, 6.07) is 0. The van der Waals surface area contributed by atoms with Crippen LogP contribution in [0.2, 0.25) is 0 Å². The molecule has 5 saturated carbocycles. The van der Waals surface area contributed by atoms with E-state index < -0.39 is 88.2 Å². The molecule has 0 amide bonds. The van der Waals surface area contributed by atoms with Gasteiger partial charge in [0.15, 0.2) is 5.78 Å². The highest BCUT2D eigenvalue weighted by Crippen LogP contribution is 2.71. The molecule has 19 unspecified atom stereocenters. The van der Waals surface area contributed by atoms with Crippen LogP contribution in [0.1, 0.15) is 143 Å². The maximum Gasteiger partial charge on any atom is 0.182 e. The van der Waals surface area contributed by atoms with Crippen LogP contribution in [0.4, 0.5) is 0 Å². The van der Waals surface area contributed by atoms with Gasteiger partial charge in [-0.05, 0) is 151 Å². The Balaban J connectivity index is 1.20. The quantitative estimate of drug-likeness (QED) is 0.127. The van der Waals surface area contributed by atoms with Crippen molar-refractivity contribution < 1.29 is 55.5 Å². The number of ether oxygens (including phenoxy) is 1. The predicted molar refractivity (Wildman–Crippen MR) is 240 cm³/mol. The molecule has 362 valence electrons. The van der Waals surface area contributed by atoms with Gasteiger partial charge in [0.1, 0.15) is 5.60 Å². The van der Waals surface area contributed by atoms with E-state index in [0.29, 0.717) is 50.0 Å². The summed E-state index contributed by atoms with van der Waals surface area (Å²) < 4.78 is 6.93. The van der Waals surface area contributed by atoms with Crippen LogP contribution >= 0.6 is 0 Å². The third-order valence-corrected chi connectivity index (χ3v) is 18.8. The lowest BCUT2D eigenvalue weighted by Gasteiger charge is -2.64. The van der Waals surface area contributed by atoms with Crippen molar-refractivity contribution in [1.82, 2.24) is 10.6 Å². The van der Waals surface area contributed by atoms with E-state index in [1.54, 1.807) is 13.8 Å². The molecule has 6 fully saturated rings. The smallest absolute Gasteiger partial charge is 0.182 e. The van der Waals surface area contributed by atoms with Gasteiger partial charge >= 0.3 is 0 Å². The molecule has 0 aromatic rings. The number of nitrogens with one attached hydrogen (secondary N) is 2. The Morgan fingerprint density at radius 2 is 1.75 bits per heavy atom. The lowest BCUT2D eigenvalue weighted by Crippen LogP contribution is -2.71. The lowest BCUT2D eigenvalue weighted by molar-refractivity contribution is -0.258. The lowest BCUT2D eigenvalue weighted by atomic mass is 9.42. The van der Waals surface area contributed by atoms with Gasteiger partial charge in [-0.1, -0.05) is 39.2 Å². The monoisotopic (exact) mass is 900 g/mol. The number of hydrogen-bond acceptors (Lipinski definition) is 14. The van der Waals surface area contributed by atoms with Crippen LogP contribution in [0.15, 0.2) is 34.7 Å². The summed E-state index contributed by atoms with van der Waals surface area (Å²) in [5.74, 6) is -2.58. The molecule has 8 aliphatic rings. The third kappa shape index (κ3) is 7.78. The zero-order chi connectivity index (χ0) is 46.1. The van der Waals surface area contributed by atoms with Gasteiger partial charge in [0.2, 0.25) is 0 Å². The fraction of sp³-hybridized carbons (Fsp3) is 0.860. The summed E-state index contributed by atoms with van der Waals surface area (Å²) in [4.78, 5) is 15.3. The van der Waals surface area contributed by atoms with Gasteiger partial charge in [-0.25, -0.2) is 0 Å². The SMILES string of the molecule is CCCC1CCC2OC3C(C(O)CCCC3(O)C(C)(O)C3CCC4(O)C5=C(NCC(C)O)C(=O)C6CC(O)C(O)CC6(CCC6=C(CCCO)NC(N)C=C6)C5C(O)CC34C)C2CC1. The first kappa shape index (κ1) is 48.5. The molecule has 13 N–H and O–H groups in total. The van der Waals surface area contributed by atoms with Gasteiger partial charge in [0, 0.05) is 42.0 Å². The van der Waals surface area contributed by atoms with Gasteiger partial charge < -0.3 is 67.1 Å². The molecular formula is C50H81N3O11. The second-order valence-electron chi connectivity index (χ2n) is 22.4. The Morgan fingerprint density at radius 1 is 1.00 bits per heavy atom. The molecule has 0 radical (unpaired) electrons. The molecule has 0 spiro atoms. The van der Waals surface area contributed by atoms with Crippen LogP contribution in [0.3, 0.4) is 0 Å². The van der Waals surface area contributed by atoms with Crippen LogP contribution in [0, 0.1) is 46.3 Å². The van der Waals surface area contributed by atoms with E-state index in [1.165, 1.54) is 0 Å². The molecule has 14 heteroatoms. The molecular weight excluding hydrogens is 819 g/mol. The average Bonchev–Trinajstić information content (AvgIpc) is 3.62. The van der Waals surface area contributed by atoms with Crippen molar-refractivity contribution in [1.29, 1.82) is 0 Å². The third-order valence-electron chi connectivity index (χ3n) is 18.8. The average molecular weight is 900 g/mol. The maximum atomic E-state index is 15.3. The van der Waals surface area contributed by atoms with Gasteiger partial charge in [0.05, 0.1) is 65.8 Å². The molecule has 2 heterocycles. The van der Waals surface area contributed by atoms with Gasteiger partial charge in [0.25, 0.3) is 0 Å². The summed E-state index contributed by atoms with van der Waals surface area (Å²) in [6.07, 6.45) is 6.55. The number of carbonyl (C=O) groups is 1. The Bertz CT molecular complexity index is 1820. The van der Waals surface area contributed by atoms with Crippen LogP contribution < -0.4 is 16.4 Å². The van der Waals surface area contributed by atoms with Crippen LogP contribution in [-0.4, -0.2) is 131 Å². The second kappa shape index (κ2) is 18.2. The molecule has 2 aliphatic heterocycles. The number of nitrogens with two attached hydrogens (primary N) is 1. The number of dihydropyridines is 1. The summed E-state index contributed by atoms with van der Waals surface area (Å²) in [6.45, 7) is 7.29. The first-order chi connectivity index (χ1) is 30.3. The molecule has 0 bridgehead atoms. The zero-order valence-electron chi connectivity index (χ0n) is 38.8. The molecule has 8 rings (SSSR count). The van der Waals surface area contributed by atoms with Gasteiger partial charge in [-0.15, -0.1) is 0 Å². The van der Waals surface area contributed by atoms with E-state index >= 15 is 4.79 Å². The van der Waals surface area contributed by atoms with E-state index in [2.05, 4.69) is 17.6 Å². The minimum atomic E-state index is -1.88. The van der Waals surface area contributed by atoms with Crippen molar-refractivity contribution in [3.63, 3.8) is 0 Å². The molecule has 1 saturated heterocycles. The van der Waals surface area contributed by atoms with Crippen molar-refractivity contribution >= 4 is 5.78 Å². The first-order valence-electron chi connectivity index (χ1n) is 25.1. The Morgan fingerprint density at radius 3 is 2.47 bits per heavy atom. The molecule has 19 atom stereocenters. The van der Waals surface area contributed by atoms with E-state index in [1.807, 2.05) is 19.1 Å². The Labute approximate surface area is 379 Å². The highest BCUT2D eigenvalue weighted by molar-refractivity contribution is 6.00. The molecule has 6 aliphatic carbocycles. The predicted octanol–water partition coefficient (Wildman–Crippen LogP) is 2.71. The summed E-state index contributed by atoms with van der Waals surface area (Å²) in [7, 11) is 0. The molecule has 0 aromatic heterocycles. The topological polar surface area (TPSA) is 258 Å². The highest BCUT2D eigenvalue weighted by Gasteiger charge is 2.75. The fourth-order valence-corrected chi connectivity index (χ4v) is 15.7. The van der Waals surface area contributed by atoms with Crippen molar-refractivity contribution in [3.05, 3.63) is 34.7 Å². The normalized spacial score (nSPS) is 47.0. The number of Topliss-reactive ketones (excluding diaryl/α,β-unsaturated/α-hetero) is 1. The Kier molecular flexibility index (Phi) is 13.8. The number of aliphatic hydroxyl groups excluding tert-OH is 6.